The van der Waals surface area contributed by atoms with E-state index in [0.717, 1.165) is 6.07 Å². The summed E-state index contributed by atoms with van der Waals surface area (Å²) in [5.41, 5.74) is -1.73. The van der Waals surface area contributed by atoms with E-state index in [2.05, 4.69) is 5.10 Å². The van der Waals surface area contributed by atoms with Gasteiger partial charge in [-0.1, -0.05) is 11.6 Å². The first-order valence-electron chi connectivity index (χ1n) is 5.99. The molecule has 0 amide bonds. The number of anilines is 1. The number of carboxylic acid groups (broad SMARTS) is 1. The minimum absolute atomic E-state index is 0.350. The highest BCUT2D eigenvalue weighted by Gasteiger charge is 2.39. The van der Waals surface area contributed by atoms with Gasteiger partial charge in [-0.3, -0.25) is 9.82 Å². The summed E-state index contributed by atoms with van der Waals surface area (Å²) in [6.07, 6.45) is -4.46. The van der Waals surface area contributed by atoms with Crippen LogP contribution in [-0.2, 0) is 16.2 Å². The molecule has 124 valence electrons. The number of sulfonamides is 1. The van der Waals surface area contributed by atoms with Crippen molar-refractivity contribution < 1.29 is 31.5 Å². The van der Waals surface area contributed by atoms with Crippen LogP contribution in [0.2, 0.25) is 0 Å². The second-order valence-corrected chi connectivity index (χ2v) is 6.22. The number of aromatic carboxylic acids is 1. The Morgan fingerprint density at radius 1 is 1.35 bits per heavy atom. The van der Waals surface area contributed by atoms with Gasteiger partial charge in [0.2, 0.25) is 0 Å². The molecule has 0 aliphatic rings. The zero-order valence-electron chi connectivity index (χ0n) is 11.5. The Hall–Kier alpha value is -2.56. The summed E-state index contributed by atoms with van der Waals surface area (Å²) < 4.78 is 64.4. The van der Waals surface area contributed by atoms with Crippen LogP contribution in [-0.4, -0.2) is 29.7 Å². The molecule has 0 atom stereocenters. The molecule has 7 nitrogen and oxygen atoms in total. The van der Waals surface area contributed by atoms with Crippen LogP contribution in [0, 0.1) is 6.92 Å². The molecule has 0 fully saturated rings. The van der Waals surface area contributed by atoms with Crippen LogP contribution >= 0.6 is 0 Å². The lowest BCUT2D eigenvalue weighted by atomic mass is 10.1. The third-order valence-corrected chi connectivity index (χ3v) is 4.20. The maximum Gasteiger partial charge on any atom is 0.434 e. The van der Waals surface area contributed by atoms with Gasteiger partial charge in [0.15, 0.2) is 5.69 Å². The first-order chi connectivity index (χ1) is 10.5. The Kier molecular flexibility index (Phi) is 4.07. The number of alkyl halides is 3. The van der Waals surface area contributed by atoms with Gasteiger partial charge >= 0.3 is 12.1 Å². The topological polar surface area (TPSA) is 112 Å². The molecular weight excluding hydrogens is 339 g/mol. The summed E-state index contributed by atoms with van der Waals surface area (Å²) in [5, 5.41) is 13.7. The molecule has 23 heavy (non-hydrogen) atoms. The van der Waals surface area contributed by atoms with E-state index in [1.54, 1.807) is 12.0 Å². The van der Waals surface area contributed by atoms with Gasteiger partial charge in [-0.05, 0) is 19.1 Å². The van der Waals surface area contributed by atoms with Crippen molar-refractivity contribution in [2.45, 2.75) is 18.0 Å². The number of nitrogens with zero attached hydrogens (tertiary/aromatic N) is 1. The van der Waals surface area contributed by atoms with Crippen LogP contribution in [0.1, 0.15) is 21.6 Å². The van der Waals surface area contributed by atoms with Crippen LogP contribution in [0.25, 0.3) is 0 Å². The van der Waals surface area contributed by atoms with E-state index in [1.807, 2.05) is 4.72 Å². The van der Waals surface area contributed by atoms with Crippen molar-refractivity contribution in [2.24, 2.45) is 0 Å². The van der Waals surface area contributed by atoms with Crippen LogP contribution in [0.4, 0.5) is 18.9 Å². The summed E-state index contributed by atoms with van der Waals surface area (Å²) in [7, 11) is -4.68. The lowest BCUT2D eigenvalue weighted by molar-refractivity contribution is -0.143. The van der Waals surface area contributed by atoms with Crippen LogP contribution in [0.15, 0.2) is 29.3 Å². The number of aromatic amines is 1. The SMILES string of the molecule is Cc1ccc(NS(=O)(=O)c2cn[nH]c2C(F)(F)F)c(C(=O)O)c1. The van der Waals surface area contributed by atoms with E-state index < -0.39 is 32.8 Å². The first kappa shape index (κ1) is 16.8. The fourth-order valence-electron chi connectivity index (χ4n) is 1.81. The van der Waals surface area contributed by atoms with Crippen molar-refractivity contribution in [2.75, 3.05) is 4.72 Å². The van der Waals surface area contributed by atoms with Crippen LogP contribution in [0.3, 0.4) is 0 Å². The van der Waals surface area contributed by atoms with Gasteiger partial charge in [0.25, 0.3) is 10.0 Å². The van der Waals surface area contributed by atoms with Gasteiger partial charge in [-0.15, -0.1) is 0 Å². The third-order valence-electron chi connectivity index (χ3n) is 2.83. The second kappa shape index (κ2) is 5.57. The van der Waals surface area contributed by atoms with Crippen molar-refractivity contribution in [1.82, 2.24) is 10.2 Å². The number of aryl methyl sites for hydroxylation is 1. The molecule has 2 aromatic rings. The Labute approximate surface area is 128 Å². The summed E-state index contributed by atoms with van der Waals surface area (Å²) in [5.74, 6) is -1.42. The minimum Gasteiger partial charge on any atom is -0.478 e. The van der Waals surface area contributed by atoms with E-state index in [1.165, 1.54) is 12.1 Å². The van der Waals surface area contributed by atoms with Gasteiger partial charge in [-0.2, -0.15) is 18.3 Å². The predicted octanol–water partition coefficient (Wildman–Crippen LogP) is 2.24. The number of benzene rings is 1. The molecule has 0 aliphatic carbocycles. The molecule has 1 aromatic carbocycles. The molecule has 2 rings (SSSR count). The van der Waals surface area contributed by atoms with E-state index >= 15 is 0 Å². The molecule has 0 bridgehead atoms. The van der Waals surface area contributed by atoms with Gasteiger partial charge < -0.3 is 5.11 Å². The monoisotopic (exact) mass is 349 g/mol. The van der Waals surface area contributed by atoms with Gasteiger partial charge in [0.05, 0.1) is 17.4 Å². The number of carboxylic acids is 1. The third kappa shape index (κ3) is 3.44. The standard InChI is InChI=1S/C12H10F3N3O4S/c1-6-2-3-8(7(4-6)11(19)20)18-23(21,22)9-5-16-17-10(9)12(13,14)15/h2-5,18H,1H3,(H,16,17)(H,19,20). The van der Waals surface area contributed by atoms with Crippen molar-refractivity contribution >= 4 is 21.7 Å². The van der Waals surface area contributed by atoms with E-state index in [0.29, 0.717) is 11.8 Å². The zero-order valence-corrected chi connectivity index (χ0v) is 12.3. The number of halogens is 3. The number of hydrogen-bond donors (Lipinski definition) is 3. The molecule has 3 N–H and O–H groups in total. The number of rotatable bonds is 4. The minimum atomic E-state index is -4.95. The Balaban J connectivity index is 2.49. The number of nitrogens with one attached hydrogen (secondary N) is 2. The number of hydrogen-bond acceptors (Lipinski definition) is 4. The van der Waals surface area contributed by atoms with Crippen molar-refractivity contribution in [3.05, 3.63) is 41.2 Å². The smallest absolute Gasteiger partial charge is 0.434 e. The lowest BCUT2D eigenvalue weighted by Gasteiger charge is -2.12. The van der Waals surface area contributed by atoms with E-state index in [-0.39, 0.29) is 11.3 Å². The zero-order chi connectivity index (χ0) is 17.4. The molecule has 0 saturated carbocycles. The molecule has 11 heteroatoms. The molecule has 0 saturated heterocycles. The van der Waals surface area contributed by atoms with E-state index in [4.69, 9.17) is 5.11 Å². The van der Waals surface area contributed by atoms with Crippen LogP contribution < -0.4 is 4.72 Å². The van der Waals surface area contributed by atoms with Gasteiger partial charge in [0, 0.05) is 0 Å². The Bertz CT molecular complexity index is 859. The first-order valence-corrected chi connectivity index (χ1v) is 7.48. The maximum atomic E-state index is 12.8. The predicted molar refractivity (Wildman–Crippen MR) is 72.5 cm³/mol. The summed E-state index contributed by atoms with van der Waals surface area (Å²) >= 11 is 0. The van der Waals surface area contributed by atoms with Gasteiger partial charge in [-0.25, -0.2) is 13.2 Å². The Morgan fingerprint density at radius 2 is 2.00 bits per heavy atom. The van der Waals surface area contributed by atoms with Crippen molar-refractivity contribution in [3.8, 4) is 0 Å². The highest BCUT2D eigenvalue weighted by Crippen LogP contribution is 2.33. The quantitative estimate of drug-likeness (QED) is 0.784. The highest BCUT2D eigenvalue weighted by atomic mass is 32.2. The summed E-state index contributed by atoms with van der Waals surface area (Å²) in [6.45, 7) is 1.59. The highest BCUT2D eigenvalue weighted by molar-refractivity contribution is 7.92. The summed E-state index contributed by atoms with van der Waals surface area (Å²) in [6, 6.07) is 3.77. The molecular formula is C12H10F3N3O4S. The molecule has 1 heterocycles. The largest absolute Gasteiger partial charge is 0.478 e. The molecule has 0 aliphatic heterocycles. The second-order valence-electron chi connectivity index (χ2n) is 4.57. The molecule has 1 aromatic heterocycles. The summed E-state index contributed by atoms with van der Waals surface area (Å²) in [4.78, 5) is 10.0. The maximum absolute atomic E-state index is 12.8. The molecule has 0 radical (unpaired) electrons. The fraction of sp³-hybridized carbons (Fsp3) is 0.167. The lowest BCUT2D eigenvalue weighted by Crippen LogP contribution is -2.19. The van der Waals surface area contributed by atoms with Gasteiger partial charge in [0.1, 0.15) is 4.90 Å². The fourth-order valence-corrected chi connectivity index (χ4v) is 3.00. The van der Waals surface area contributed by atoms with E-state index in [9.17, 15) is 26.4 Å². The number of H-pyrrole nitrogens is 1. The average molecular weight is 349 g/mol. The van der Waals surface area contributed by atoms with Crippen LogP contribution in [0.5, 0.6) is 0 Å². The van der Waals surface area contributed by atoms with Crippen molar-refractivity contribution in [3.63, 3.8) is 0 Å². The Morgan fingerprint density at radius 3 is 2.57 bits per heavy atom. The molecule has 0 spiro atoms. The number of aromatic nitrogens is 2. The molecule has 0 unspecified atom stereocenters. The average Bonchev–Trinajstić information content (AvgIpc) is 2.90. The normalized spacial score (nSPS) is 12.2. The number of carbonyl (C=O) groups is 1. The van der Waals surface area contributed by atoms with Crippen molar-refractivity contribution in [1.29, 1.82) is 0 Å².